The minimum absolute atomic E-state index is 0.276. The maximum absolute atomic E-state index is 9.43. The zero-order valence-corrected chi connectivity index (χ0v) is 13.2. The lowest BCUT2D eigenvalue weighted by Gasteiger charge is -2.41. The number of nitriles is 1. The fourth-order valence-electron chi connectivity index (χ4n) is 3.07. The summed E-state index contributed by atoms with van der Waals surface area (Å²) in [5, 5.41) is 12.8. The van der Waals surface area contributed by atoms with Crippen molar-refractivity contribution in [1.29, 1.82) is 5.26 Å². The monoisotopic (exact) mass is 267 g/mol. The quantitative estimate of drug-likeness (QED) is 0.829. The molecule has 1 fully saturated rings. The van der Waals surface area contributed by atoms with Gasteiger partial charge in [-0.1, -0.05) is 0 Å². The van der Waals surface area contributed by atoms with E-state index in [-0.39, 0.29) is 12.2 Å². The maximum atomic E-state index is 9.43. The smallest absolute Gasteiger partial charge is 0.105 e. The fourth-order valence-corrected chi connectivity index (χ4v) is 3.07. The van der Waals surface area contributed by atoms with Gasteiger partial charge in [-0.15, -0.1) is 0 Å². The van der Waals surface area contributed by atoms with Gasteiger partial charge in [0, 0.05) is 25.2 Å². The predicted molar refractivity (Wildman–Crippen MR) is 78.0 cm³/mol. The van der Waals surface area contributed by atoms with Crippen molar-refractivity contribution in [3.8, 4) is 6.07 Å². The summed E-state index contributed by atoms with van der Waals surface area (Å²) in [6.07, 6.45) is 1.39. The molecular formula is C15H29N3O. The molecule has 0 aromatic heterocycles. The summed E-state index contributed by atoms with van der Waals surface area (Å²) >= 11 is 0. The summed E-state index contributed by atoms with van der Waals surface area (Å²) in [7, 11) is 0. The number of hydrogen-bond acceptors (Lipinski definition) is 4. The van der Waals surface area contributed by atoms with E-state index >= 15 is 0 Å². The van der Waals surface area contributed by atoms with E-state index in [0.717, 1.165) is 19.5 Å². The molecule has 4 atom stereocenters. The Bertz CT molecular complexity index is 316. The second kappa shape index (κ2) is 6.69. The molecule has 1 aliphatic heterocycles. The van der Waals surface area contributed by atoms with Crippen LogP contribution < -0.4 is 5.32 Å². The highest BCUT2D eigenvalue weighted by molar-refractivity contribution is 5.06. The molecule has 0 saturated carbocycles. The first-order valence-corrected chi connectivity index (χ1v) is 7.34. The van der Waals surface area contributed by atoms with Crippen molar-refractivity contribution >= 4 is 0 Å². The Labute approximate surface area is 118 Å². The van der Waals surface area contributed by atoms with E-state index in [1.165, 1.54) is 0 Å². The number of nitrogens with one attached hydrogen (secondary N) is 1. The summed E-state index contributed by atoms with van der Waals surface area (Å²) in [6.45, 7) is 14.5. The Morgan fingerprint density at radius 2 is 1.84 bits per heavy atom. The topological polar surface area (TPSA) is 48.3 Å². The van der Waals surface area contributed by atoms with Crippen LogP contribution in [0, 0.1) is 11.3 Å². The van der Waals surface area contributed by atoms with Gasteiger partial charge in [-0.2, -0.15) is 5.26 Å². The standard InChI is InChI=1S/C15H29N3O/c1-11(2)17-15(6,10-16)7-12(3)18-8-13(4)19-14(5)9-18/h11-14,17H,7-9H2,1-6H3/t12?,13-,14+,15?. The third kappa shape index (κ3) is 5.10. The molecule has 0 radical (unpaired) electrons. The van der Waals surface area contributed by atoms with E-state index in [4.69, 9.17) is 4.74 Å². The molecule has 1 heterocycles. The van der Waals surface area contributed by atoms with Gasteiger partial charge in [-0.05, 0) is 48.0 Å². The lowest BCUT2D eigenvalue weighted by Crippen LogP contribution is -2.54. The Kier molecular flexibility index (Phi) is 5.79. The second-order valence-electron chi connectivity index (χ2n) is 6.51. The summed E-state index contributed by atoms with van der Waals surface area (Å²) in [5.41, 5.74) is -0.460. The molecule has 0 aromatic rings. The largest absolute Gasteiger partial charge is 0.373 e. The van der Waals surface area contributed by atoms with Crippen LogP contribution in [0.15, 0.2) is 0 Å². The van der Waals surface area contributed by atoms with Crippen LogP contribution in [0.2, 0.25) is 0 Å². The Hall–Kier alpha value is -0.630. The van der Waals surface area contributed by atoms with E-state index in [1.54, 1.807) is 0 Å². The third-order valence-corrected chi connectivity index (χ3v) is 3.63. The normalized spacial score (nSPS) is 29.8. The fraction of sp³-hybridized carbons (Fsp3) is 0.933. The SMILES string of the molecule is CC(C)NC(C)(C#N)CC(C)N1C[C@@H](C)O[C@@H](C)C1. The van der Waals surface area contributed by atoms with Gasteiger partial charge in [0.1, 0.15) is 5.54 Å². The minimum Gasteiger partial charge on any atom is -0.373 e. The van der Waals surface area contributed by atoms with Crippen molar-refractivity contribution in [2.45, 2.75) is 77.8 Å². The van der Waals surface area contributed by atoms with E-state index in [9.17, 15) is 5.26 Å². The summed E-state index contributed by atoms with van der Waals surface area (Å²) in [6, 6.07) is 3.13. The first-order valence-electron chi connectivity index (χ1n) is 7.34. The van der Waals surface area contributed by atoms with Crippen LogP contribution in [0.3, 0.4) is 0 Å². The van der Waals surface area contributed by atoms with Gasteiger partial charge in [0.15, 0.2) is 0 Å². The average Bonchev–Trinajstić information content (AvgIpc) is 2.26. The molecule has 1 rings (SSSR count). The molecule has 1 N–H and O–H groups in total. The molecule has 2 unspecified atom stereocenters. The zero-order valence-electron chi connectivity index (χ0n) is 13.2. The van der Waals surface area contributed by atoms with Crippen LogP contribution in [-0.4, -0.2) is 47.8 Å². The third-order valence-electron chi connectivity index (χ3n) is 3.63. The van der Waals surface area contributed by atoms with E-state index in [1.807, 2.05) is 6.92 Å². The highest BCUT2D eigenvalue weighted by Gasteiger charge is 2.32. The van der Waals surface area contributed by atoms with E-state index < -0.39 is 5.54 Å². The maximum Gasteiger partial charge on any atom is 0.105 e. The second-order valence-corrected chi connectivity index (χ2v) is 6.51. The Morgan fingerprint density at radius 1 is 1.32 bits per heavy atom. The summed E-state index contributed by atoms with van der Waals surface area (Å²) in [4.78, 5) is 2.44. The highest BCUT2D eigenvalue weighted by Crippen LogP contribution is 2.20. The van der Waals surface area contributed by atoms with Crippen molar-refractivity contribution < 1.29 is 4.74 Å². The van der Waals surface area contributed by atoms with Crippen LogP contribution in [-0.2, 0) is 4.74 Å². The first-order chi connectivity index (χ1) is 8.75. The minimum atomic E-state index is -0.460. The van der Waals surface area contributed by atoms with E-state index in [2.05, 4.69) is 50.9 Å². The van der Waals surface area contributed by atoms with Gasteiger partial charge in [0.25, 0.3) is 0 Å². The van der Waals surface area contributed by atoms with Crippen molar-refractivity contribution in [3.05, 3.63) is 0 Å². The summed E-state index contributed by atoms with van der Waals surface area (Å²) < 4.78 is 5.77. The lowest BCUT2D eigenvalue weighted by molar-refractivity contribution is -0.0806. The van der Waals surface area contributed by atoms with Crippen LogP contribution in [0.4, 0.5) is 0 Å². The molecule has 0 amide bonds. The number of morpholine rings is 1. The van der Waals surface area contributed by atoms with Gasteiger partial charge in [-0.25, -0.2) is 0 Å². The Balaban J connectivity index is 2.62. The van der Waals surface area contributed by atoms with Crippen LogP contribution >= 0.6 is 0 Å². The predicted octanol–water partition coefficient (Wildman–Crippen LogP) is 2.15. The van der Waals surface area contributed by atoms with E-state index in [0.29, 0.717) is 12.1 Å². The van der Waals surface area contributed by atoms with Gasteiger partial charge in [0.05, 0.1) is 18.3 Å². The first kappa shape index (κ1) is 16.4. The van der Waals surface area contributed by atoms with Crippen LogP contribution in [0.25, 0.3) is 0 Å². The van der Waals surface area contributed by atoms with Gasteiger partial charge >= 0.3 is 0 Å². The molecule has 1 aliphatic rings. The summed E-state index contributed by atoms with van der Waals surface area (Å²) in [5.74, 6) is 0. The molecule has 4 nitrogen and oxygen atoms in total. The lowest BCUT2D eigenvalue weighted by atomic mass is 9.93. The molecule has 0 bridgehead atoms. The molecule has 110 valence electrons. The number of hydrogen-bond donors (Lipinski definition) is 1. The van der Waals surface area contributed by atoms with Gasteiger partial charge in [-0.3, -0.25) is 10.2 Å². The molecular weight excluding hydrogens is 238 g/mol. The number of rotatable bonds is 5. The van der Waals surface area contributed by atoms with Crippen molar-refractivity contribution in [2.75, 3.05) is 13.1 Å². The highest BCUT2D eigenvalue weighted by atomic mass is 16.5. The average molecular weight is 267 g/mol. The van der Waals surface area contributed by atoms with Crippen molar-refractivity contribution in [2.24, 2.45) is 0 Å². The molecule has 1 saturated heterocycles. The van der Waals surface area contributed by atoms with Gasteiger partial charge < -0.3 is 4.74 Å². The van der Waals surface area contributed by atoms with Crippen LogP contribution in [0.5, 0.6) is 0 Å². The van der Waals surface area contributed by atoms with Crippen LogP contribution in [0.1, 0.15) is 48.0 Å². The molecule has 0 aromatic carbocycles. The number of nitrogens with zero attached hydrogens (tertiary/aromatic N) is 2. The molecule has 4 heteroatoms. The Morgan fingerprint density at radius 3 is 2.26 bits per heavy atom. The molecule has 0 spiro atoms. The number of ether oxygens (including phenoxy) is 1. The molecule has 0 aliphatic carbocycles. The van der Waals surface area contributed by atoms with Gasteiger partial charge in [0.2, 0.25) is 0 Å². The van der Waals surface area contributed by atoms with Crippen molar-refractivity contribution in [1.82, 2.24) is 10.2 Å². The zero-order chi connectivity index (χ0) is 14.6. The van der Waals surface area contributed by atoms with Crippen molar-refractivity contribution in [3.63, 3.8) is 0 Å². The molecule has 19 heavy (non-hydrogen) atoms.